The number of methoxy groups -OCH3 is 3. The first-order valence-corrected chi connectivity index (χ1v) is 8.28. The quantitative estimate of drug-likeness (QED) is 0.547. The summed E-state index contributed by atoms with van der Waals surface area (Å²) in [5.41, 5.74) is 1.42. The van der Waals surface area contributed by atoms with E-state index in [1.165, 1.54) is 21.3 Å². The molecule has 0 radical (unpaired) electrons. The number of halogens is 1. The third-order valence-electron chi connectivity index (χ3n) is 3.56. The second-order valence-electron chi connectivity index (χ2n) is 5.19. The maximum atomic E-state index is 12.2. The summed E-state index contributed by atoms with van der Waals surface area (Å²) in [5, 5.41) is 0. The predicted molar refractivity (Wildman–Crippen MR) is 98.6 cm³/mol. The maximum Gasteiger partial charge on any atom is 0.363 e. The molecule has 0 bridgehead atoms. The summed E-state index contributed by atoms with van der Waals surface area (Å²) in [6.45, 7) is 0. The van der Waals surface area contributed by atoms with Crippen molar-refractivity contribution in [3.05, 3.63) is 51.9 Å². The van der Waals surface area contributed by atoms with Crippen LogP contribution < -0.4 is 14.2 Å². The highest BCUT2D eigenvalue weighted by molar-refractivity contribution is 9.10. The first-order valence-electron chi connectivity index (χ1n) is 7.49. The Kier molecular flexibility index (Phi) is 5.22. The number of ether oxygens (including phenoxy) is 4. The first kappa shape index (κ1) is 17.9. The Morgan fingerprint density at radius 3 is 2.31 bits per heavy atom. The Morgan fingerprint density at radius 1 is 1.04 bits per heavy atom. The molecule has 2 heterocycles. The number of aliphatic imine (C=N–C) groups is 1. The predicted octanol–water partition coefficient (Wildman–Crippen LogP) is 3.21. The van der Waals surface area contributed by atoms with E-state index in [1.807, 2.05) is 0 Å². The molecule has 0 spiro atoms. The fraction of sp³-hybridized carbons (Fsp3) is 0.167. The average Bonchev–Trinajstić information content (AvgIpc) is 3.01. The molecule has 134 valence electrons. The van der Waals surface area contributed by atoms with Gasteiger partial charge in [0.05, 0.1) is 26.9 Å². The molecule has 0 saturated heterocycles. The van der Waals surface area contributed by atoms with Crippen molar-refractivity contribution in [3.8, 4) is 17.2 Å². The normalized spacial score (nSPS) is 14.8. The van der Waals surface area contributed by atoms with E-state index in [0.29, 0.717) is 28.4 Å². The molecule has 1 aliphatic heterocycles. The molecule has 1 aromatic carbocycles. The van der Waals surface area contributed by atoms with Crippen LogP contribution in [0.25, 0.3) is 6.08 Å². The number of cyclic esters (lactones) is 1. The van der Waals surface area contributed by atoms with Gasteiger partial charge in [-0.15, -0.1) is 0 Å². The fourth-order valence-corrected chi connectivity index (χ4v) is 2.77. The third kappa shape index (κ3) is 3.55. The van der Waals surface area contributed by atoms with Gasteiger partial charge in [0.2, 0.25) is 11.6 Å². The van der Waals surface area contributed by atoms with Gasteiger partial charge < -0.3 is 18.9 Å². The van der Waals surface area contributed by atoms with Crippen molar-refractivity contribution in [2.45, 2.75) is 0 Å². The lowest BCUT2D eigenvalue weighted by Gasteiger charge is -2.12. The number of esters is 1. The number of carbonyl (C=O) groups excluding carboxylic acids is 1. The number of hydrogen-bond acceptors (Lipinski definition) is 7. The van der Waals surface area contributed by atoms with Gasteiger partial charge in [-0.3, -0.25) is 4.98 Å². The Morgan fingerprint density at radius 2 is 1.73 bits per heavy atom. The molecule has 1 aromatic heterocycles. The molecule has 7 nitrogen and oxygen atoms in total. The zero-order valence-electron chi connectivity index (χ0n) is 14.3. The van der Waals surface area contributed by atoms with Gasteiger partial charge in [-0.1, -0.05) is 0 Å². The van der Waals surface area contributed by atoms with E-state index in [2.05, 4.69) is 25.9 Å². The second-order valence-corrected chi connectivity index (χ2v) is 6.10. The lowest BCUT2D eigenvalue weighted by atomic mass is 10.1. The first-order chi connectivity index (χ1) is 12.5. The minimum Gasteiger partial charge on any atom is -0.493 e. The molecule has 0 amide bonds. The number of hydrogen-bond donors (Lipinski definition) is 0. The van der Waals surface area contributed by atoms with Gasteiger partial charge >= 0.3 is 5.97 Å². The highest BCUT2D eigenvalue weighted by atomic mass is 79.9. The van der Waals surface area contributed by atoms with Gasteiger partial charge in [-0.25, -0.2) is 9.79 Å². The van der Waals surface area contributed by atoms with Crippen LogP contribution in [-0.2, 0) is 9.53 Å². The van der Waals surface area contributed by atoms with Crippen LogP contribution in [0.3, 0.4) is 0 Å². The minimum absolute atomic E-state index is 0.161. The van der Waals surface area contributed by atoms with E-state index in [9.17, 15) is 4.79 Å². The highest BCUT2D eigenvalue weighted by Crippen LogP contribution is 2.39. The molecule has 0 atom stereocenters. The highest BCUT2D eigenvalue weighted by Gasteiger charge is 2.25. The van der Waals surface area contributed by atoms with Crippen molar-refractivity contribution in [1.29, 1.82) is 0 Å². The Hall–Kier alpha value is -2.87. The molecule has 3 rings (SSSR count). The molecule has 0 unspecified atom stereocenters. The van der Waals surface area contributed by atoms with Crippen LogP contribution >= 0.6 is 15.9 Å². The van der Waals surface area contributed by atoms with E-state index in [0.717, 1.165) is 4.47 Å². The Bertz CT molecular complexity index is 899. The summed E-state index contributed by atoms with van der Waals surface area (Å²) in [5.74, 6) is 1.07. The largest absolute Gasteiger partial charge is 0.493 e. The van der Waals surface area contributed by atoms with E-state index in [-0.39, 0.29) is 11.6 Å². The van der Waals surface area contributed by atoms with Crippen molar-refractivity contribution in [3.63, 3.8) is 0 Å². The van der Waals surface area contributed by atoms with Crippen LogP contribution in [0.5, 0.6) is 17.2 Å². The van der Waals surface area contributed by atoms with Crippen molar-refractivity contribution < 1.29 is 23.7 Å². The van der Waals surface area contributed by atoms with Crippen LogP contribution in [0.4, 0.5) is 0 Å². The lowest BCUT2D eigenvalue weighted by Crippen LogP contribution is -2.05. The van der Waals surface area contributed by atoms with Crippen molar-refractivity contribution in [2.24, 2.45) is 4.99 Å². The number of pyridine rings is 1. The molecule has 0 aliphatic carbocycles. The molecule has 8 heteroatoms. The van der Waals surface area contributed by atoms with E-state index >= 15 is 0 Å². The van der Waals surface area contributed by atoms with E-state index in [4.69, 9.17) is 18.9 Å². The number of rotatable bonds is 5. The van der Waals surface area contributed by atoms with E-state index in [1.54, 1.807) is 36.7 Å². The lowest BCUT2D eigenvalue weighted by molar-refractivity contribution is -0.129. The van der Waals surface area contributed by atoms with Crippen LogP contribution in [0, 0.1) is 0 Å². The Balaban J connectivity index is 2.00. The smallest absolute Gasteiger partial charge is 0.363 e. The monoisotopic (exact) mass is 418 g/mol. The topological polar surface area (TPSA) is 79.2 Å². The summed E-state index contributed by atoms with van der Waals surface area (Å²) in [7, 11) is 4.57. The summed E-state index contributed by atoms with van der Waals surface area (Å²) in [6.07, 6.45) is 4.79. The minimum atomic E-state index is -0.547. The van der Waals surface area contributed by atoms with Gasteiger partial charge in [0, 0.05) is 16.9 Å². The number of carbonyl (C=O) groups is 1. The maximum absolute atomic E-state index is 12.2. The molecule has 1 aliphatic rings. The van der Waals surface area contributed by atoms with Crippen LogP contribution in [0.2, 0.25) is 0 Å². The SMILES string of the molecule is COc1cc(/C=C2/N=C(c3cncc(Br)c3)OC2=O)cc(OC)c1OC. The van der Waals surface area contributed by atoms with Gasteiger partial charge in [0.1, 0.15) is 0 Å². The standard InChI is InChI=1S/C18H15BrN2O5/c1-23-14-5-10(6-15(24-2)16(14)25-3)4-13-18(22)26-17(21-13)11-7-12(19)9-20-8-11/h4-9H,1-3H3/b13-4+. The summed E-state index contributed by atoms with van der Waals surface area (Å²) in [6, 6.07) is 5.20. The van der Waals surface area contributed by atoms with Crippen LogP contribution in [0.15, 0.2) is 45.8 Å². The summed E-state index contributed by atoms with van der Waals surface area (Å²) in [4.78, 5) is 20.5. The summed E-state index contributed by atoms with van der Waals surface area (Å²) < 4.78 is 21.9. The molecule has 26 heavy (non-hydrogen) atoms. The van der Waals surface area contributed by atoms with E-state index < -0.39 is 5.97 Å². The molecular weight excluding hydrogens is 404 g/mol. The number of benzene rings is 1. The molecule has 0 fully saturated rings. The van der Waals surface area contributed by atoms with Gasteiger partial charge in [-0.2, -0.15) is 0 Å². The second kappa shape index (κ2) is 7.57. The fourth-order valence-electron chi connectivity index (χ4n) is 2.40. The molecule has 2 aromatic rings. The van der Waals surface area contributed by atoms with Gasteiger partial charge in [0.15, 0.2) is 17.2 Å². The molecule has 0 saturated carbocycles. The van der Waals surface area contributed by atoms with Gasteiger partial charge in [0.25, 0.3) is 0 Å². The summed E-state index contributed by atoms with van der Waals surface area (Å²) >= 11 is 3.33. The Labute approximate surface area is 158 Å². The van der Waals surface area contributed by atoms with Crippen LogP contribution in [0.1, 0.15) is 11.1 Å². The number of nitrogens with zero attached hydrogens (tertiary/aromatic N) is 2. The average molecular weight is 419 g/mol. The molecular formula is C18H15BrN2O5. The van der Waals surface area contributed by atoms with Crippen molar-refractivity contribution in [1.82, 2.24) is 4.98 Å². The van der Waals surface area contributed by atoms with Crippen molar-refractivity contribution >= 4 is 33.9 Å². The van der Waals surface area contributed by atoms with Crippen molar-refractivity contribution in [2.75, 3.05) is 21.3 Å². The number of aromatic nitrogens is 1. The zero-order valence-corrected chi connectivity index (χ0v) is 15.9. The zero-order chi connectivity index (χ0) is 18.7. The molecule has 0 N–H and O–H groups in total. The third-order valence-corrected chi connectivity index (χ3v) is 4.00. The van der Waals surface area contributed by atoms with Crippen LogP contribution in [-0.4, -0.2) is 38.2 Å². The van der Waals surface area contributed by atoms with Gasteiger partial charge in [-0.05, 0) is 45.8 Å².